The predicted molar refractivity (Wildman–Crippen MR) is 98.7 cm³/mol. The third kappa shape index (κ3) is 3.39. The van der Waals surface area contributed by atoms with E-state index in [1.165, 1.54) is 18.9 Å². The van der Waals surface area contributed by atoms with Gasteiger partial charge >= 0.3 is 6.18 Å². The molecule has 29 heavy (non-hydrogen) atoms. The summed E-state index contributed by atoms with van der Waals surface area (Å²) in [5.41, 5.74) is -0.141. The number of carbonyl (C=O) groups excluding carboxylic acids is 1. The monoisotopic (exact) mass is 422 g/mol. The summed E-state index contributed by atoms with van der Waals surface area (Å²) < 4.78 is 42.4. The molecule has 0 bridgehead atoms. The summed E-state index contributed by atoms with van der Waals surface area (Å²) in [5, 5.41) is 3.58. The summed E-state index contributed by atoms with van der Waals surface area (Å²) in [5.74, 6) is -0.636. The molecule has 0 unspecified atom stereocenters. The number of halogens is 4. The van der Waals surface area contributed by atoms with Crippen molar-refractivity contribution >= 4 is 28.8 Å². The SMILES string of the molecule is Cc1cc(C(F)(F)F)n2nc(C(=O)N(C)Cc3cn4ccccc4n3)c(Cl)c2n1. The molecular weight excluding hydrogens is 409 g/mol. The van der Waals surface area contributed by atoms with Crippen LogP contribution in [0.25, 0.3) is 11.3 Å². The Hall–Kier alpha value is -3.14. The molecule has 0 atom stereocenters. The standard InChI is InChI=1S/C18H14ClF3N6O/c1-10-7-12(18(20,21)22)28-16(23-10)14(19)15(25-28)17(29)26(2)8-11-9-27-6-4-3-5-13(27)24-11/h3-7,9H,8H2,1-2H3. The maximum Gasteiger partial charge on any atom is 0.433 e. The van der Waals surface area contributed by atoms with Crippen molar-refractivity contribution < 1.29 is 18.0 Å². The largest absolute Gasteiger partial charge is 0.433 e. The van der Waals surface area contributed by atoms with Crippen LogP contribution in [0.4, 0.5) is 13.2 Å². The molecule has 0 saturated heterocycles. The second kappa shape index (κ2) is 6.73. The summed E-state index contributed by atoms with van der Waals surface area (Å²) in [6.45, 7) is 1.54. The van der Waals surface area contributed by atoms with Gasteiger partial charge in [0.2, 0.25) is 0 Å². The number of amides is 1. The van der Waals surface area contributed by atoms with Crippen LogP contribution in [-0.2, 0) is 12.7 Å². The van der Waals surface area contributed by atoms with Crippen molar-refractivity contribution in [2.24, 2.45) is 0 Å². The van der Waals surface area contributed by atoms with Crippen LogP contribution in [0.2, 0.25) is 5.02 Å². The minimum absolute atomic E-state index is 0.115. The molecule has 0 aliphatic carbocycles. The number of aryl methyl sites for hydroxylation is 1. The first-order valence-corrected chi connectivity index (χ1v) is 8.84. The number of nitrogens with zero attached hydrogens (tertiary/aromatic N) is 6. The number of alkyl halides is 3. The molecule has 4 aromatic heterocycles. The molecule has 4 aromatic rings. The Kier molecular flexibility index (Phi) is 4.45. The van der Waals surface area contributed by atoms with Gasteiger partial charge in [0.1, 0.15) is 16.4 Å². The Morgan fingerprint density at radius 2 is 2.03 bits per heavy atom. The number of fused-ring (bicyclic) bond motifs is 2. The van der Waals surface area contributed by atoms with Crippen LogP contribution >= 0.6 is 11.6 Å². The molecule has 0 saturated carbocycles. The number of imidazole rings is 1. The van der Waals surface area contributed by atoms with Crippen LogP contribution < -0.4 is 0 Å². The number of pyridine rings is 1. The second-order valence-corrected chi connectivity index (χ2v) is 6.92. The van der Waals surface area contributed by atoms with Crippen LogP contribution in [0.1, 0.15) is 27.6 Å². The van der Waals surface area contributed by atoms with E-state index in [4.69, 9.17) is 11.6 Å². The minimum atomic E-state index is -4.68. The summed E-state index contributed by atoms with van der Waals surface area (Å²) in [7, 11) is 1.50. The molecule has 1 amide bonds. The van der Waals surface area contributed by atoms with Crippen LogP contribution in [0.3, 0.4) is 0 Å². The van der Waals surface area contributed by atoms with Gasteiger partial charge in [-0.15, -0.1) is 0 Å². The molecule has 7 nitrogen and oxygen atoms in total. The number of hydrogen-bond acceptors (Lipinski definition) is 4. The maximum atomic E-state index is 13.3. The molecule has 0 spiro atoms. The van der Waals surface area contributed by atoms with Crippen LogP contribution in [-0.4, -0.2) is 41.8 Å². The Morgan fingerprint density at radius 3 is 2.72 bits per heavy atom. The molecule has 4 heterocycles. The van der Waals surface area contributed by atoms with Gasteiger partial charge in [0, 0.05) is 25.1 Å². The molecule has 0 radical (unpaired) electrons. The third-order valence-electron chi connectivity index (χ3n) is 4.31. The van der Waals surface area contributed by atoms with E-state index in [0.29, 0.717) is 15.9 Å². The molecule has 11 heteroatoms. The molecule has 0 aliphatic heterocycles. The van der Waals surface area contributed by atoms with E-state index in [1.807, 2.05) is 24.4 Å². The van der Waals surface area contributed by atoms with Gasteiger partial charge in [0.15, 0.2) is 11.3 Å². The lowest BCUT2D eigenvalue weighted by Crippen LogP contribution is -2.27. The van der Waals surface area contributed by atoms with Crippen molar-refractivity contribution in [2.45, 2.75) is 19.6 Å². The average molecular weight is 423 g/mol. The quantitative estimate of drug-likeness (QED) is 0.505. The van der Waals surface area contributed by atoms with Crippen molar-refractivity contribution in [1.29, 1.82) is 0 Å². The lowest BCUT2D eigenvalue weighted by Gasteiger charge is -2.14. The van der Waals surface area contributed by atoms with Crippen LogP contribution in [0.5, 0.6) is 0 Å². The first-order valence-electron chi connectivity index (χ1n) is 8.46. The zero-order chi connectivity index (χ0) is 20.9. The van der Waals surface area contributed by atoms with E-state index < -0.39 is 17.8 Å². The summed E-state index contributed by atoms with van der Waals surface area (Å²) in [4.78, 5) is 22.5. The fourth-order valence-electron chi connectivity index (χ4n) is 3.01. The topological polar surface area (TPSA) is 67.8 Å². The van der Waals surface area contributed by atoms with E-state index in [0.717, 1.165) is 6.07 Å². The van der Waals surface area contributed by atoms with Gasteiger partial charge in [-0.05, 0) is 25.1 Å². The van der Waals surface area contributed by atoms with Crippen molar-refractivity contribution in [3.8, 4) is 0 Å². The van der Waals surface area contributed by atoms with Crippen molar-refractivity contribution in [3.05, 3.63) is 64.5 Å². The normalized spacial score (nSPS) is 12.1. The van der Waals surface area contributed by atoms with Gasteiger partial charge in [0.05, 0.1) is 12.2 Å². The van der Waals surface area contributed by atoms with E-state index in [9.17, 15) is 18.0 Å². The zero-order valence-corrected chi connectivity index (χ0v) is 16.0. The van der Waals surface area contributed by atoms with Gasteiger partial charge in [-0.2, -0.15) is 18.3 Å². The molecule has 0 N–H and O–H groups in total. The number of aromatic nitrogens is 5. The van der Waals surface area contributed by atoms with Crippen molar-refractivity contribution in [1.82, 2.24) is 28.9 Å². The second-order valence-electron chi connectivity index (χ2n) is 6.54. The molecule has 150 valence electrons. The van der Waals surface area contributed by atoms with E-state index in [2.05, 4.69) is 15.1 Å². The van der Waals surface area contributed by atoms with E-state index >= 15 is 0 Å². The highest BCUT2D eigenvalue weighted by molar-refractivity contribution is 6.36. The fraction of sp³-hybridized carbons (Fsp3) is 0.222. The van der Waals surface area contributed by atoms with Crippen LogP contribution in [0.15, 0.2) is 36.7 Å². The smallest absolute Gasteiger partial charge is 0.334 e. The summed E-state index contributed by atoms with van der Waals surface area (Å²) in [6, 6.07) is 6.35. The lowest BCUT2D eigenvalue weighted by molar-refractivity contribution is -0.142. The van der Waals surface area contributed by atoms with Gasteiger partial charge in [-0.25, -0.2) is 14.5 Å². The summed E-state index contributed by atoms with van der Waals surface area (Å²) in [6.07, 6.45) is -1.10. The highest BCUT2D eigenvalue weighted by Gasteiger charge is 2.36. The Labute approximate surface area is 167 Å². The zero-order valence-electron chi connectivity index (χ0n) is 15.3. The third-order valence-corrected chi connectivity index (χ3v) is 4.66. The molecule has 0 fully saturated rings. The molecule has 0 aromatic carbocycles. The van der Waals surface area contributed by atoms with Crippen molar-refractivity contribution in [2.75, 3.05) is 7.05 Å². The first kappa shape index (κ1) is 19.2. The number of hydrogen-bond donors (Lipinski definition) is 0. The Bertz CT molecular complexity index is 1210. The van der Waals surface area contributed by atoms with Gasteiger partial charge in [0.25, 0.3) is 5.91 Å². The minimum Gasteiger partial charge on any atom is -0.334 e. The Balaban J connectivity index is 1.70. The molecular formula is C18H14ClF3N6O. The Morgan fingerprint density at radius 1 is 1.28 bits per heavy atom. The van der Waals surface area contributed by atoms with Crippen molar-refractivity contribution in [3.63, 3.8) is 0 Å². The highest BCUT2D eigenvalue weighted by atomic mass is 35.5. The molecule has 4 rings (SSSR count). The van der Waals surface area contributed by atoms with Crippen LogP contribution in [0, 0.1) is 6.92 Å². The summed E-state index contributed by atoms with van der Waals surface area (Å²) >= 11 is 6.18. The number of carbonyl (C=O) groups is 1. The number of rotatable bonds is 3. The van der Waals surface area contributed by atoms with E-state index in [-0.39, 0.29) is 28.6 Å². The predicted octanol–water partition coefficient (Wildman–Crippen LogP) is 3.63. The first-order chi connectivity index (χ1) is 13.6. The average Bonchev–Trinajstić information content (AvgIpc) is 3.20. The molecule has 0 aliphatic rings. The van der Waals surface area contributed by atoms with E-state index in [1.54, 1.807) is 10.6 Å². The highest BCUT2D eigenvalue weighted by Crippen LogP contribution is 2.32. The fourth-order valence-corrected chi connectivity index (χ4v) is 3.25. The van der Waals surface area contributed by atoms with Gasteiger partial charge in [-0.1, -0.05) is 17.7 Å². The van der Waals surface area contributed by atoms with Gasteiger partial charge in [-0.3, -0.25) is 4.79 Å². The lowest BCUT2D eigenvalue weighted by atomic mass is 10.3. The van der Waals surface area contributed by atoms with Gasteiger partial charge < -0.3 is 9.30 Å². The maximum absolute atomic E-state index is 13.3.